The lowest BCUT2D eigenvalue weighted by molar-refractivity contribution is 0.00587. The smallest absolute Gasteiger partial charge is 0.431 e. The first-order valence-electron chi connectivity index (χ1n) is 4.70. The highest BCUT2D eigenvalue weighted by Gasteiger charge is 2.20. The Hall–Kier alpha value is -1.01. The Labute approximate surface area is 90.7 Å². The monoisotopic (exact) mass is 246 g/mol. The van der Waals surface area contributed by atoms with Gasteiger partial charge < -0.3 is 9.47 Å². The number of hydrogen-bond acceptors (Lipinski definition) is 3. The summed E-state index contributed by atoms with van der Waals surface area (Å²) in [6, 6.07) is 0. The number of ether oxygens (including phenoxy) is 2. The van der Waals surface area contributed by atoms with Crippen LogP contribution < -0.4 is 0 Å². The molecule has 0 heterocycles. The van der Waals surface area contributed by atoms with Gasteiger partial charge in [0.1, 0.15) is 25.6 Å². The van der Waals surface area contributed by atoms with Crippen LogP contribution in [0.5, 0.6) is 0 Å². The van der Waals surface area contributed by atoms with Crippen molar-refractivity contribution in [1.29, 1.82) is 0 Å². The number of carbonyl (C=O) groups is 1. The van der Waals surface area contributed by atoms with Crippen molar-refractivity contribution < 1.29 is 31.8 Å². The van der Waals surface area contributed by atoms with E-state index < -0.39 is 44.1 Å². The highest BCUT2D eigenvalue weighted by Crippen LogP contribution is 2.06. The second-order valence-electron chi connectivity index (χ2n) is 3.26. The van der Waals surface area contributed by atoms with Gasteiger partial charge in [0, 0.05) is 0 Å². The third-order valence-electron chi connectivity index (χ3n) is 1.72. The number of rotatable bonds is 6. The van der Waals surface area contributed by atoms with Crippen molar-refractivity contribution in [3.63, 3.8) is 0 Å². The van der Waals surface area contributed by atoms with Crippen LogP contribution in [0.1, 0.15) is 13.8 Å². The molecule has 3 nitrogen and oxygen atoms in total. The molecule has 0 aliphatic carbocycles. The summed E-state index contributed by atoms with van der Waals surface area (Å²) in [6.07, 6.45) is -8.85. The number of carbonyl (C=O) groups excluding carboxylic acids is 1. The Morgan fingerprint density at radius 3 is 1.50 bits per heavy atom. The Bertz CT molecular complexity index is 191. The molecule has 16 heavy (non-hydrogen) atoms. The molecule has 0 aliphatic heterocycles. The molecule has 0 radical (unpaired) electrons. The lowest BCUT2D eigenvalue weighted by Crippen LogP contribution is -2.26. The fourth-order valence-corrected chi connectivity index (χ4v) is 0.602. The molecule has 0 saturated carbocycles. The largest absolute Gasteiger partial charge is 0.508 e. The van der Waals surface area contributed by atoms with Gasteiger partial charge in [-0.3, -0.25) is 0 Å². The lowest BCUT2D eigenvalue weighted by Gasteiger charge is -2.12. The van der Waals surface area contributed by atoms with Gasteiger partial charge in [-0.25, -0.2) is 22.4 Å². The van der Waals surface area contributed by atoms with Crippen LogP contribution in [0.25, 0.3) is 0 Å². The van der Waals surface area contributed by atoms with E-state index >= 15 is 0 Å². The maximum absolute atomic E-state index is 12.6. The highest BCUT2D eigenvalue weighted by molar-refractivity contribution is 5.59. The second kappa shape index (κ2) is 7.29. The second-order valence-corrected chi connectivity index (χ2v) is 3.26. The minimum absolute atomic E-state index is 0.821. The van der Waals surface area contributed by atoms with E-state index in [-0.39, 0.29) is 0 Å². The zero-order chi connectivity index (χ0) is 12.7. The molecule has 0 aromatic rings. The van der Waals surface area contributed by atoms with E-state index in [9.17, 15) is 22.4 Å². The summed E-state index contributed by atoms with van der Waals surface area (Å²) in [6.45, 7) is 0.279. The van der Waals surface area contributed by atoms with Crippen LogP contribution in [0.3, 0.4) is 0 Å². The zero-order valence-electron chi connectivity index (χ0n) is 8.96. The molecule has 0 spiro atoms. The molecule has 0 aliphatic rings. The van der Waals surface area contributed by atoms with Gasteiger partial charge in [-0.1, -0.05) is 0 Å². The predicted octanol–water partition coefficient (Wildman–Crippen LogP) is 2.53. The standard InChI is InChI=1S/C9H14F4O3/c1-5(10)7(12)3-15-9(14)16-4-8(13)6(2)11/h5-8H,3-4H2,1-2H3. The maximum atomic E-state index is 12.6. The minimum atomic E-state index is -1.96. The average molecular weight is 246 g/mol. The topological polar surface area (TPSA) is 35.5 Å². The number of halogens is 4. The van der Waals surface area contributed by atoms with Crippen LogP contribution in [-0.2, 0) is 9.47 Å². The lowest BCUT2D eigenvalue weighted by atomic mass is 10.3. The van der Waals surface area contributed by atoms with Gasteiger partial charge in [0.15, 0.2) is 12.3 Å². The molecular weight excluding hydrogens is 232 g/mol. The van der Waals surface area contributed by atoms with Crippen LogP contribution in [0, 0.1) is 0 Å². The summed E-state index contributed by atoms with van der Waals surface area (Å²) < 4.78 is 57.9. The van der Waals surface area contributed by atoms with E-state index in [1.807, 2.05) is 0 Å². The first-order valence-corrected chi connectivity index (χ1v) is 4.70. The highest BCUT2D eigenvalue weighted by atomic mass is 19.2. The van der Waals surface area contributed by atoms with E-state index in [0.717, 1.165) is 13.8 Å². The summed E-state index contributed by atoms with van der Waals surface area (Å²) in [7, 11) is 0. The normalized spacial score (nSPS) is 18.4. The number of hydrogen-bond donors (Lipinski definition) is 0. The van der Waals surface area contributed by atoms with Crippen molar-refractivity contribution in [2.45, 2.75) is 38.5 Å². The van der Waals surface area contributed by atoms with Gasteiger partial charge in [0.05, 0.1) is 0 Å². The van der Waals surface area contributed by atoms with Crippen molar-refractivity contribution in [1.82, 2.24) is 0 Å². The summed E-state index contributed by atoms with van der Waals surface area (Å²) in [5.74, 6) is 0. The molecule has 0 saturated heterocycles. The van der Waals surface area contributed by atoms with Gasteiger partial charge in [0.2, 0.25) is 0 Å². The first kappa shape index (κ1) is 15.0. The quantitative estimate of drug-likeness (QED) is 0.533. The predicted molar refractivity (Wildman–Crippen MR) is 48.2 cm³/mol. The van der Waals surface area contributed by atoms with E-state index in [2.05, 4.69) is 9.47 Å². The van der Waals surface area contributed by atoms with E-state index in [4.69, 9.17) is 0 Å². The third-order valence-corrected chi connectivity index (χ3v) is 1.72. The molecule has 0 bridgehead atoms. The van der Waals surface area contributed by atoms with Crippen LogP contribution in [0.2, 0.25) is 0 Å². The molecule has 0 amide bonds. The average Bonchev–Trinajstić information content (AvgIpc) is 2.21. The van der Waals surface area contributed by atoms with Gasteiger partial charge in [0.25, 0.3) is 0 Å². The molecule has 4 unspecified atom stereocenters. The van der Waals surface area contributed by atoms with Crippen LogP contribution in [0.15, 0.2) is 0 Å². The Morgan fingerprint density at radius 2 is 1.25 bits per heavy atom. The minimum Gasteiger partial charge on any atom is -0.431 e. The third kappa shape index (κ3) is 6.47. The Morgan fingerprint density at radius 1 is 0.938 bits per heavy atom. The molecule has 0 fully saturated rings. The fourth-order valence-electron chi connectivity index (χ4n) is 0.602. The van der Waals surface area contributed by atoms with Gasteiger partial charge in [-0.15, -0.1) is 0 Å². The summed E-state index contributed by atoms with van der Waals surface area (Å²) in [5, 5.41) is 0. The van der Waals surface area contributed by atoms with Crippen molar-refractivity contribution in [3.8, 4) is 0 Å². The van der Waals surface area contributed by atoms with Crippen molar-refractivity contribution in [2.24, 2.45) is 0 Å². The van der Waals surface area contributed by atoms with Crippen LogP contribution >= 0.6 is 0 Å². The van der Waals surface area contributed by atoms with Crippen molar-refractivity contribution >= 4 is 6.16 Å². The van der Waals surface area contributed by atoms with Crippen molar-refractivity contribution in [2.75, 3.05) is 13.2 Å². The molecule has 4 atom stereocenters. The van der Waals surface area contributed by atoms with Crippen LogP contribution in [0.4, 0.5) is 22.4 Å². The molecule has 0 N–H and O–H groups in total. The van der Waals surface area contributed by atoms with E-state index in [0.29, 0.717) is 0 Å². The molecule has 7 heteroatoms. The fraction of sp³-hybridized carbons (Fsp3) is 0.889. The zero-order valence-corrected chi connectivity index (χ0v) is 8.96. The number of alkyl halides is 4. The SMILES string of the molecule is CC(F)C(F)COC(=O)OCC(F)C(C)F. The van der Waals surface area contributed by atoms with Crippen LogP contribution in [-0.4, -0.2) is 44.1 Å². The molecule has 96 valence electrons. The molecule has 0 aromatic carbocycles. The summed E-state index contributed by atoms with van der Waals surface area (Å²) in [5.41, 5.74) is 0. The Kier molecular flexibility index (Phi) is 6.83. The van der Waals surface area contributed by atoms with Gasteiger partial charge in [-0.2, -0.15) is 0 Å². The van der Waals surface area contributed by atoms with Crippen molar-refractivity contribution in [3.05, 3.63) is 0 Å². The molecular formula is C9H14F4O3. The maximum Gasteiger partial charge on any atom is 0.508 e. The van der Waals surface area contributed by atoms with E-state index in [1.54, 1.807) is 0 Å². The summed E-state index contributed by atoms with van der Waals surface area (Å²) in [4.78, 5) is 10.7. The Balaban J connectivity index is 3.67. The van der Waals surface area contributed by atoms with Gasteiger partial charge in [-0.05, 0) is 13.8 Å². The first-order chi connectivity index (χ1) is 7.34. The molecule has 0 aromatic heterocycles. The van der Waals surface area contributed by atoms with Gasteiger partial charge >= 0.3 is 6.16 Å². The van der Waals surface area contributed by atoms with E-state index in [1.165, 1.54) is 0 Å². The summed E-state index contributed by atoms with van der Waals surface area (Å²) >= 11 is 0. The molecule has 0 rings (SSSR count).